The van der Waals surface area contributed by atoms with Crippen LogP contribution < -0.4 is 5.32 Å². The van der Waals surface area contributed by atoms with Crippen molar-refractivity contribution >= 4 is 15.5 Å². The Hall–Kier alpha value is -2.59. The molecule has 0 bridgehead atoms. The highest BCUT2D eigenvalue weighted by Crippen LogP contribution is 2.47. The maximum Gasteiger partial charge on any atom is 0.189 e. The van der Waals surface area contributed by atoms with Crippen molar-refractivity contribution in [3.8, 4) is 0 Å². The van der Waals surface area contributed by atoms with Crippen LogP contribution in [0, 0.1) is 6.92 Å². The number of hydrogen-bond donors (Lipinski definition) is 1. The zero-order chi connectivity index (χ0) is 17.4. The minimum atomic E-state index is -3.51. The van der Waals surface area contributed by atoms with Gasteiger partial charge in [0.15, 0.2) is 9.84 Å². The molecule has 4 heteroatoms. The van der Waals surface area contributed by atoms with Crippen LogP contribution in [0.3, 0.4) is 0 Å². The Bertz CT molecular complexity index is 996. The Morgan fingerprint density at radius 1 is 0.760 bits per heavy atom. The van der Waals surface area contributed by atoms with Crippen LogP contribution in [0.1, 0.15) is 28.0 Å². The van der Waals surface area contributed by atoms with E-state index >= 15 is 0 Å². The molecule has 0 aliphatic carbocycles. The Morgan fingerprint density at radius 3 is 2.12 bits per heavy atom. The maximum absolute atomic E-state index is 13.4. The zero-order valence-corrected chi connectivity index (χ0v) is 14.7. The van der Waals surface area contributed by atoms with Gasteiger partial charge in [0.1, 0.15) is 5.25 Å². The fourth-order valence-electron chi connectivity index (χ4n) is 3.44. The van der Waals surface area contributed by atoms with Gasteiger partial charge in [-0.2, -0.15) is 0 Å². The standard InChI is InChI=1S/C21H19NO2S/c1-15-11-13-16(14-12-15)20-21(17-7-3-2-4-8-17)25(23,24)19-10-6-5-9-18(19)22-20/h2-14,20-22H,1H3. The number of nitrogens with one attached hydrogen (secondary N) is 1. The summed E-state index contributed by atoms with van der Waals surface area (Å²) in [5, 5.41) is 2.80. The van der Waals surface area contributed by atoms with Crippen molar-refractivity contribution in [3.63, 3.8) is 0 Å². The van der Waals surface area contributed by atoms with Gasteiger partial charge >= 0.3 is 0 Å². The SMILES string of the molecule is Cc1ccc(C2Nc3ccccc3S(=O)(=O)C2c2ccccc2)cc1. The first kappa shape index (κ1) is 15.9. The molecule has 1 N–H and O–H groups in total. The summed E-state index contributed by atoms with van der Waals surface area (Å²) < 4.78 is 26.8. The molecule has 2 unspecified atom stereocenters. The number of aryl methyl sites for hydroxylation is 1. The zero-order valence-electron chi connectivity index (χ0n) is 13.9. The van der Waals surface area contributed by atoms with Crippen molar-refractivity contribution < 1.29 is 8.42 Å². The van der Waals surface area contributed by atoms with E-state index in [0.717, 1.165) is 16.7 Å². The summed E-state index contributed by atoms with van der Waals surface area (Å²) in [6.07, 6.45) is 0. The van der Waals surface area contributed by atoms with Crippen LogP contribution in [0.5, 0.6) is 0 Å². The molecule has 3 aromatic rings. The molecule has 1 aliphatic heterocycles. The molecule has 2 atom stereocenters. The number of anilines is 1. The van der Waals surface area contributed by atoms with Gasteiger partial charge in [-0.05, 0) is 30.2 Å². The average Bonchev–Trinajstić information content (AvgIpc) is 2.62. The topological polar surface area (TPSA) is 46.2 Å². The van der Waals surface area contributed by atoms with Crippen molar-refractivity contribution in [1.82, 2.24) is 0 Å². The van der Waals surface area contributed by atoms with Gasteiger partial charge in [-0.1, -0.05) is 72.3 Å². The molecular weight excluding hydrogens is 330 g/mol. The van der Waals surface area contributed by atoms with Gasteiger partial charge in [-0.25, -0.2) is 8.42 Å². The van der Waals surface area contributed by atoms with E-state index in [1.54, 1.807) is 12.1 Å². The second-order valence-corrected chi connectivity index (χ2v) is 8.44. The third-order valence-electron chi connectivity index (χ3n) is 4.71. The average molecular weight is 349 g/mol. The van der Waals surface area contributed by atoms with Gasteiger partial charge in [0.2, 0.25) is 0 Å². The Morgan fingerprint density at radius 2 is 1.40 bits per heavy atom. The molecule has 3 nitrogen and oxygen atoms in total. The summed E-state index contributed by atoms with van der Waals surface area (Å²) in [6, 6.07) is 24.3. The number of sulfone groups is 1. The fraction of sp³-hybridized carbons (Fsp3) is 0.143. The Balaban J connectivity index is 1.93. The van der Waals surface area contributed by atoms with E-state index in [4.69, 9.17) is 0 Å². The van der Waals surface area contributed by atoms with Gasteiger partial charge in [0.05, 0.1) is 16.6 Å². The number of fused-ring (bicyclic) bond motifs is 1. The molecule has 25 heavy (non-hydrogen) atoms. The molecular formula is C21H19NO2S. The first-order valence-electron chi connectivity index (χ1n) is 8.28. The van der Waals surface area contributed by atoms with Crippen molar-refractivity contribution in [3.05, 3.63) is 95.6 Å². The molecule has 4 rings (SSSR count). The first-order chi connectivity index (χ1) is 12.1. The van der Waals surface area contributed by atoms with Crippen molar-refractivity contribution in [2.24, 2.45) is 0 Å². The molecule has 0 saturated carbocycles. The lowest BCUT2D eigenvalue weighted by molar-refractivity contribution is 0.562. The second-order valence-electron chi connectivity index (χ2n) is 6.41. The van der Waals surface area contributed by atoms with E-state index in [1.165, 1.54) is 0 Å². The van der Waals surface area contributed by atoms with E-state index in [9.17, 15) is 8.42 Å². The van der Waals surface area contributed by atoms with Crippen molar-refractivity contribution in [2.75, 3.05) is 5.32 Å². The molecule has 1 heterocycles. The summed E-state index contributed by atoms with van der Waals surface area (Å²) in [4.78, 5) is 0.368. The van der Waals surface area contributed by atoms with E-state index in [-0.39, 0.29) is 6.04 Å². The molecule has 0 amide bonds. The predicted molar refractivity (Wildman–Crippen MR) is 100 cm³/mol. The summed E-state index contributed by atoms with van der Waals surface area (Å²) in [7, 11) is -3.51. The highest BCUT2D eigenvalue weighted by atomic mass is 32.2. The van der Waals surface area contributed by atoms with Gasteiger partial charge < -0.3 is 5.32 Å². The van der Waals surface area contributed by atoms with Gasteiger partial charge in [-0.15, -0.1) is 0 Å². The monoisotopic (exact) mass is 349 g/mol. The van der Waals surface area contributed by atoms with Crippen LogP contribution >= 0.6 is 0 Å². The third kappa shape index (κ3) is 2.72. The third-order valence-corrected chi connectivity index (χ3v) is 6.89. The van der Waals surface area contributed by atoms with Crippen LogP contribution in [-0.4, -0.2) is 8.42 Å². The molecule has 126 valence electrons. The molecule has 0 spiro atoms. The fourth-order valence-corrected chi connectivity index (χ4v) is 5.51. The Labute approximate surface area is 148 Å². The summed E-state index contributed by atoms with van der Waals surface area (Å²) in [5.74, 6) is 0. The van der Waals surface area contributed by atoms with Crippen LogP contribution in [-0.2, 0) is 9.84 Å². The van der Waals surface area contributed by atoms with Crippen molar-refractivity contribution in [2.45, 2.75) is 23.1 Å². The number of hydrogen-bond acceptors (Lipinski definition) is 3. The normalized spacial score (nSPS) is 21.2. The predicted octanol–water partition coefficient (Wildman–Crippen LogP) is 4.68. The van der Waals surface area contributed by atoms with E-state index in [2.05, 4.69) is 5.32 Å². The van der Waals surface area contributed by atoms with Gasteiger partial charge in [0, 0.05) is 0 Å². The summed E-state index contributed by atoms with van der Waals surface area (Å²) >= 11 is 0. The van der Waals surface area contributed by atoms with Crippen molar-refractivity contribution in [1.29, 1.82) is 0 Å². The van der Waals surface area contributed by atoms with E-state index < -0.39 is 15.1 Å². The number of rotatable bonds is 2. The quantitative estimate of drug-likeness (QED) is 0.731. The van der Waals surface area contributed by atoms with Crippen LogP contribution in [0.15, 0.2) is 83.8 Å². The second kappa shape index (κ2) is 6.05. The largest absolute Gasteiger partial charge is 0.375 e. The highest BCUT2D eigenvalue weighted by Gasteiger charge is 2.42. The summed E-state index contributed by atoms with van der Waals surface area (Å²) in [5.41, 5.74) is 3.59. The number of para-hydroxylation sites is 1. The maximum atomic E-state index is 13.4. The lowest BCUT2D eigenvalue weighted by atomic mass is 9.96. The van der Waals surface area contributed by atoms with Crippen LogP contribution in [0.25, 0.3) is 0 Å². The van der Waals surface area contributed by atoms with E-state index in [1.807, 2.05) is 73.7 Å². The minimum absolute atomic E-state index is 0.331. The molecule has 1 aliphatic rings. The van der Waals surface area contributed by atoms with Gasteiger partial charge in [-0.3, -0.25) is 0 Å². The summed E-state index contributed by atoms with van der Waals surface area (Å²) in [6.45, 7) is 2.03. The molecule has 0 aromatic heterocycles. The molecule has 3 aromatic carbocycles. The van der Waals surface area contributed by atoms with Crippen LogP contribution in [0.4, 0.5) is 5.69 Å². The molecule has 0 radical (unpaired) electrons. The number of benzene rings is 3. The van der Waals surface area contributed by atoms with E-state index in [0.29, 0.717) is 10.6 Å². The smallest absolute Gasteiger partial charge is 0.189 e. The van der Waals surface area contributed by atoms with Gasteiger partial charge in [0.25, 0.3) is 0 Å². The molecule has 0 saturated heterocycles. The highest BCUT2D eigenvalue weighted by molar-refractivity contribution is 7.92. The Kier molecular flexibility index (Phi) is 3.85. The molecule has 0 fully saturated rings. The lowest BCUT2D eigenvalue weighted by Crippen LogP contribution is -2.31. The van der Waals surface area contributed by atoms with Crippen LogP contribution in [0.2, 0.25) is 0 Å². The lowest BCUT2D eigenvalue weighted by Gasteiger charge is -2.35. The minimum Gasteiger partial charge on any atom is -0.375 e. The first-order valence-corrected chi connectivity index (χ1v) is 9.83.